The number of allylic oxidation sites excluding steroid dienone is 2. The highest BCUT2D eigenvalue weighted by atomic mass is 35.5. The summed E-state index contributed by atoms with van der Waals surface area (Å²) in [6.45, 7) is 0. The third-order valence-electron chi connectivity index (χ3n) is 2.82. The number of hydrogen-bond acceptors (Lipinski definition) is 2. The van der Waals surface area contributed by atoms with Crippen LogP contribution in [0.15, 0.2) is 47.0 Å². The van der Waals surface area contributed by atoms with Gasteiger partial charge in [0.1, 0.15) is 0 Å². The van der Waals surface area contributed by atoms with E-state index in [-0.39, 0.29) is 0 Å². The van der Waals surface area contributed by atoms with Crippen LogP contribution >= 0.6 is 34.8 Å². The van der Waals surface area contributed by atoms with Gasteiger partial charge in [0.2, 0.25) is 0 Å². The number of alkyl halides is 2. The Labute approximate surface area is 121 Å². The summed E-state index contributed by atoms with van der Waals surface area (Å²) < 4.78 is -1.11. The monoisotopic (exact) mass is 302 g/mol. The summed E-state index contributed by atoms with van der Waals surface area (Å²) in [5.41, 5.74) is 14.1. The molecule has 1 aromatic rings. The van der Waals surface area contributed by atoms with E-state index in [2.05, 4.69) is 0 Å². The third-order valence-corrected chi connectivity index (χ3v) is 3.91. The van der Waals surface area contributed by atoms with Gasteiger partial charge in [-0.1, -0.05) is 46.9 Å². The Morgan fingerprint density at radius 1 is 1.17 bits per heavy atom. The molecule has 0 amide bonds. The number of benzene rings is 1. The fraction of sp³-hybridized carbons (Fsp3) is 0.231. The Bertz CT molecular complexity index is 503. The normalized spacial score (nSPS) is 22.3. The summed E-state index contributed by atoms with van der Waals surface area (Å²) in [6.07, 6.45) is 4.02. The number of nitrogens with two attached hydrogens (primary N) is 2. The largest absolute Gasteiger partial charge is 0.399 e. The second-order valence-electron chi connectivity index (χ2n) is 4.30. The second kappa shape index (κ2) is 5.14. The van der Waals surface area contributed by atoms with Gasteiger partial charge in [0, 0.05) is 10.7 Å². The summed E-state index contributed by atoms with van der Waals surface area (Å²) in [5, 5.41) is 0.594. The zero-order valence-electron chi connectivity index (χ0n) is 9.54. The third kappa shape index (κ3) is 3.01. The minimum atomic E-state index is -1.11. The molecule has 1 aromatic carbocycles. The predicted octanol–water partition coefficient (Wildman–Crippen LogP) is 3.38. The zero-order chi connectivity index (χ0) is 13.3. The lowest BCUT2D eigenvalue weighted by Gasteiger charge is -2.27. The van der Waals surface area contributed by atoms with E-state index in [0.29, 0.717) is 11.5 Å². The van der Waals surface area contributed by atoms with Crippen LogP contribution in [0.25, 0.3) is 0 Å². The molecular weight excluding hydrogens is 291 g/mol. The number of hydrogen-bond donors (Lipinski definition) is 2. The Balaban J connectivity index is 2.23. The van der Waals surface area contributed by atoms with Gasteiger partial charge in [-0.15, -0.1) is 0 Å². The first-order chi connectivity index (χ1) is 8.38. The topological polar surface area (TPSA) is 52.0 Å². The SMILES string of the molecule is Nc1ccc(CC2=CC(Cl)(Cl)C(N)C=C2Cl)cc1. The van der Waals surface area contributed by atoms with Gasteiger partial charge in [-0.05, 0) is 41.8 Å². The smallest absolute Gasteiger partial charge is 0.155 e. The predicted molar refractivity (Wildman–Crippen MR) is 79.0 cm³/mol. The molecule has 0 heterocycles. The molecule has 1 aliphatic rings. The highest BCUT2D eigenvalue weighted by molar-refractivity contribution is 6.51. The van der Waals surface area contributed by atoms with Crippen LogP contribution in [-0.2, 0) is 6.42 Å². The molecule has 4 N–H and O–H groups in total. The van der Waals surface area contributed by atoms with Crippen molar-refractivity contribution >= 4 is 40.5 Å². The number of rotatable bonds is 2. The molecule has 0 aromatic heterocycles. The quantitative estimate of drug-likeness (QED) is 0.650. The average molecular weight is 304 g/mol. The van der Waals surface area contributed by atoms with Gasteiger partial charge >= 0.3 is 0 Å². The van der Waals surface area contributed by atoms with Gasteiger partial charge in [-0.3, -0.25) is 0 Å². The lowest BCUT2D eigenvalue weighted by Crippen LogP contribution is -2.38. The Kier molecular flexibility index (Phi) is 3.93. The van der Waals surface area contributed by atoms with Crippen LogP contribution in [0.4, 0.5) is 5.69 Å². The minimum Gasteiger partial charge on any atom is -0.399 e. The Morgan fingerprint density at radius 3 is 2.39 bits per heavy atom. The van der Waals surface area contributed by atoms with E-state index in [1.807, 2.05) is 24.3 Å². The summed E-state index contributed by atoms with van der Waals surface area (Å²) in [4.78, 5) is 0. The van der Waals surface area contributed by atoms with Crippen molar-refractivity contribution in [3.8, 4) is 0 Å². The molecule has 1 unspecified atom stereocenters. The molecule has 5 heteroatoms. The standard InChI is InChI=1S/C13H13Cl3N2/c14-11-6-12(18)13(15,16)7-9(11)5-8-1-3-10(17)4-2-8/h1-4,6-7,12H,5,17-18H2. The van der Waals surface area contributed by atoms with Crippen LogP contribution in [0.5, 0.6) is 0 Å². The first-order valence-corrected chi connectivity index (χ1v) is 6.59. The summed E-state index contributed by atoms with van der Waals surface area (Å²) in [6, 6.07) is 7.08. The van der Waals surface area contributed by atoms with Crippen LogP contribution in [0.2, 0.25) is 0 Å². The van der Waals surface area contributed by atoms with Crippen molar-refractivity contribution in [2.75, 3.05) is 5.73 Å². The summed E-state index contributed by atoms with van der Waals surface area (Å²) >= 11 is 18.4. The molecule has 96 valence electrons. The second-order valence-corrected chi connectivity index (χ2v) is 6.15. The fourth-order valence-electron chi connectivity index (χ4n) is 1.76. The van der Waals surface area contributed by atoms with E-state index in [4.69, 9.17) is 46.3 Å². The highest BCUT2D eigenvalue weighted by Crippen LogP contribution is 2.36. The van der Waals surface area contributed by atoms with Crippen LogP contribution in [0.3, 0.4) is 0 Å². The summed E-state index contributed by atoms with van der Waals surface area (Å²) in [5.74, 6) is 0. The molecular formula is C13H13Cl3N2. The lowest BCUT2D eigenvalue weighted by atomic mass is 9.96. The highest BCUT2D eigenvalue weighted by Gasteiger charge is 2.33. The molecule has 0 saturated heterocycles. The number of halogens is 3. The molecule has 0 saturated carbocycles. The number of nitrogen functional groups attached to an aromatic ring is 1. The van der Waals surface area contributed by atoms with E-state index < -0.39 is 10.4 Å². The average Bonchev–Trinajstić information content (AvgIpc) is 2.29. The van der Waals surface area contributed by atoms with Crippen molar-refractivity contribution in [3.63, 3.8) is 0 Å². The minimum absolute atomic E-state index is 0.497. The molecule has 18 heavy (non-hydrogen) atoms. The summed E-state index contributed by atoms with van der Waals surface area (Å²) in [7, 11) is 0. The van der Waals surface area contributed by atoms with Crippen molar-refractivity contribution < 1.29 is 0 Å². The molecule has 0 fully saturated rings. The van der Waals surface area contributed by atoms with Crippen LogP contribution < -0.4 is 11.5 Å². The van der Waals surface area contributed by atoms with Crippen molar-refractivity contribution in [3.05, 3.63) is 52.6 Å². The van der Waals surface area contributed by atoms with E-state index in [1.54, 1.807) is 12.2 Å². The molecule has 1 aliphatic carbocycles. The van der Waals surface area contributed by atoms with E-state index in [1.165, 1.54) is 0 Å². The Morgan fingerprint density at radius 2 is 1.78 bits per heavy atom. The number of anilines is 1. The van der Waals surface area contributed by atoms with Crippen LogP contribution in [-0.4, -0.2) is 10.4 Å². The van der Waals surface area contributed by atoms with Crippen molar-refractivity contribution in [1.82, 2.24) is 0 Å². The van der Waals surface area contributed by atoms with Gasteiger partial charge < -0.3 is 11.5 Å². The van der Waals surface area contributed by atoms with Gasteiger partial charge in [0.15, 0.2) is 4.33 Å². The van der Waals surface area contributed by atoms with Gasteiger partial charge in [-0.2, -0.15) is 0 Å². The zero-order valence-corrected chi connectivity index (χ0v) is 11.8. The first kappa shape index (κ1) is 13.8. The molecule has 0 radical (unpaired) electrons. The van der Waals surface area contributed by atoms with E-state index in [9.17, 15) is 0 Å². The van der Waals surface area contributed by atoms with Crippen molar-refractivity contribution in [2.45, 2.75) is 16.8 Å². The maximum atomic E-state index is 6.16. The van der Waals surface area contributed by atoms with E-state index >= 15 is 0 Å². The lowest BCUT2D eigenvalue weighted by molar-refractivity contribution is 0.766. The molecule has 2 nitrogen and oxygen atoms in total. The maximum absolute atomic E-state index is 6.16. The van der Waals surface area contributed by atoms with Gasteiger partial charge in [0.05, 0.1) is 6.04 Å². The molecule has 0 spiro atoms. The van der Waals surface area contributed by atoms with Gasteiger partial charge in [0.25, 0.3) is 0 Å². The van der Waals surface area contributed by atoms with E-state index in [0.717, 1.165) is 16.8 Å². The first-order valence-electron chi connectivity index (χ1n) is 5.46. The molecule has 0 aliphatic heterocycles. The molecule has 2 rings (SSSR count). The van der Waals surface area contributed by atoms with Gasteiger partial charge in [-0.25, -0.2) is 0 Å². The maximum Gasteiger partial charge on any atom is 0.155 e. The Hall–Kier alpha value is -0.670. The van der Waals surface area contributed by atoms with Crippen LogP contribution in [0, 0.1) is 0 Å². The van der Waals surface area contributed by atoms with Crippen molar-refractivity contribution in [1.29, 1.82) is 0 Å². The fourth-order valence-corrected chi connectivity index (χ4v) is 2.41. The van der Waals surface area contributed by atoms with Crippen molar-refractivity contribution in [2.24, 2.45) is 5.73 Å². The molecule has 0 bridgehead atoms. The molecule has 1 atom stereocenters. The van der Waals surface area contributed by atoms with Crippen LogP contribution in [0.1, 0.15) is 5.56 Å².